The van der Waals surface area contributed by atoms with Crippen LogP contribution >= 0.6 is 0 Å². The van der Waals surface area contributed by atoms with Crippen LogP contribution in [0.3, 0.4) is 0 Å². The van der Waals surface area contributed by atoms with Crippen LogP contribution in [0, 0.1) is 5.41 Å². The maximum atomic E-state index is 12.4. The van der Waals surface area contributed by atoms with E-state index in [1.54, 1.807) is 0 Å². The summed E-state index contributed by atoms with van der Waals surface area (Å²) in [6.45, 7) is 1.21. The summed E-state index contributed by atoms with van der Waals surface area (Å²) in [6, 6.07) is 0. The molecule has 2 aliphatic carbocycles. The van der Waals surface area contributed by atoms with Crippen LogP contribution in [0.1, 0.15) is 38.5 Å². The SMILES string of the molecule is NC1(C2(C(=O)N3CCC(=O)CC3)CC2)CC1. The van der Waals surface area contributed by atoms with E-state index in [1.807, 2.05) is 4.90 Å². The van der Waals surface area contributed by atoms with Crippen LogP contribution in [0.15, 0.2) is 0 Å². The van der Waals surface area contributed by atoms with Crippen LogP contribution in [-0.2, 0) is 9.59 Å². The van der Waals surface area contributed by atoms with Crippen molar-refractivity contribution in [2.45, 2.75) is 44.1 Å². The number of piperidine rings is 1. The summed E-state index contributed by atoms with van der Waals surface area (Å²) in [5, 5.41) is 0. The highest BCUT2D eigenvalue weighted by atomic mass is 16.2. The first kappa shape index (κ1) is 10.3. The third-order valence-corrected chi connectivity index (χ3v) is 4.51. The lowest BCUT2D eigenvalue weighted by molar-refractivity contribution is -0.140. The fourth-order valence-electron chi connectivity index (χ4n) is 2.92. The van der Waals surface area contributed by atoms with Gasteiger partial charge < -0.3 is 10.6 Å². The fourth-order valence-corrected chi connectivity index (χ4v) is 2.92. The van der Waals surface area contributed by atoms with Gasteiger partial charge in [0.25, 0.3) is 0 Å². The van der Waals surface area contributed by atoms with Crippen molar-refractivity contribution in [1.29, 1.82) is 0 Å². The molecule has 4 nitrogen and oxygen atoms in total. The number of carbonyl (C=O) groups is 2. The lowest BCUT2D eigenvalue weighted by Crippen LogP contribution is -2.49. The van der Waals surface area contributed by atoms with Gasteiger partial charge in [0.15, 0.2) is 0 Å². The highest BCUT2D eigenvalue weighted by Gasteiger charge is 2.68. The molecule has 0 radical (unpaired) electrons. The Hall–Kier alpha value is -0.900. The zero-order valence-electron chi connectivity index (χ0n) is 9.50. The number of hydrogen-bond acceptors (Lipinski definition) is 3. The molecule has 1 heterocycles. The Kier molecular flexibility index (Phi) is 1.97. The normalized spacial score (nSPS) is 30.1. The molecular weight excluding hydrogens is 204 g/mol. The summed E-state index contributed by atoms with van der Waals surface area (Å²) in [5.41, 5.74) is 5.76. The van der Waals surface area contributed by atoms with Gasteiger partial charge in [-0.1, -0.05) is 0 Å². The van der Waals surface area contributed by atoms with Crippen molar-refractivity contribution >= 4 is 11.7 Å². The lowest BCUT2D eigenvalue weighted by Gasteiger charge is -2.32. The number of likely N-dealkylation sites (tertiary alicyclic amines) is 1. The minimum Gasteiger partial charge on any atom is -0.341 e. The van der Waals surface area contributed by atoms with Gasteiger partial charge in [-0.05, 0) is 25.7 Å². The van der Waals surface area contributed by atoms with E-state index in [9.17, 15) is 9.59 Å². The van der Waals surface area contributed by atoms with E-state index in [2.05, 4.69) is 0 Å². The molecule has 0 aromatic carbocycles. The average Bonchev–Trinajstić information content (AvgIpc) is 3.13. The molecule has 0 spiro atoms. The van der Waals surface area contributed by atoms with E-state index >= 15 is 0 Å². The second-order valence-corrected chi connectivity index (χ2v) is 5.57. The van der Waals surface area contributed by atoms with E-state index < -0.39 is 0 Å². The maximum absolute atomic E-state index is 12.4. The molecule has 0 atom stereocenters. The van der Waals surface area contributed by atoms with Gasteiger partial charge in [0.05, 0.1) is 5.41 Å². The largest absolute Gasteiger partial charge is 0.341 e. The van der Waals surface area contributed by atoms with Crippen molar-refractivity contribution in [3.05, 3.63) is 0 Å². The van der Waals surface area contributed by atoms with Gasteiger partial charge in [-0.25, -0.2) is 0 Å². The number of carbonyl (C=O) groups excluding carboxylic acids is 2. The number of nitrogens with two attached hydrogens (primary N) is 1. The van der Waals surface area contributed by atoms with Crippen LogP contribution in [0.2, 0.25) is 0 Å². The maximum Gasteiger partial charge on any atom is 0.230 e. The first-order valence-electron chi connectivity index (χ1n) is 6.17. The molecule has 0 aromatic rings. The summed E-state index contributed by atoms with van der Waals surface area (Å²) in [5.74, 6) is 0.503. The molecule has 3 aliphatic rings. The monoisotopic (exact) mass is 222 g/mol. The van der Waals surface area contributed by atoms with E-state index in [0.29, 0.717) is 25.9 Å². The molecule has 1 aliphatic heterocycles. The predicted molar refractivity (Wildman–Crippen MR) is 58.6 cm³/mol. The second kappa shape index (κ2) is 3.06. The van der Waals surface area contributed by atoms with Gasteiger partial charge in [0.1, 0.15) is 5.78 Å². The topological polar surface area (TPSA) is 63.4 Å². The molecule has 0 unspecified atom stereocenters. The average molecular weight is 222 g/mol. The van der Waals surface area contributed by atoms with Crippen LogP contribution in [0.5, 0.6) is 0 Å². The number of nitrogens with zero attached hydrogens (tertiary/aromatic N) is 1. The molecule has 0 bridgehead atoms. The standard InChI is InChI=1S/C12H18N2O2/c13-12(5-6-12)11(3-4-11)10(16)14-7-1-9(15)2-8-14/h1-8,13H2. The summed E-state index contributed by atoms with van der Waals surface area (Å²) < 4.78 is 0. The Labute approximate surface area is 95.2 Å². The zero-order chi connectivity index (χ0) is 11.4. The van der Waals surface area contributed by atoms with Crippen LogP contribution < -0.4 is 5.73 Å². The van der Waals surface area contributed by atoms with E-state index in [-0.39, 0.29) is 22.6 Å². The van der Waals surface area contributed by atoms with E-state index in [1.165, 1.54) is 0 Å². The summed E-state index contributed by atoms with van der Waals surface area (Å²) in [4.78, 5) is 25.4. The number of hydrogen-bond donors (Lipinski definition) is 1. The third-order valence-electron chi connectivity index (χ3n) is 4.51. The van der Waals surface area contributed by atoms with Crippen molar-refractivity contribution in [3.8, 4) is 0 Å². The summed E-state index contributed by atoms with van der Waals surface area (Å²) in [7, 11) is 0. The van der Waals surface area contributed by atoms with Crippen LogP contribution in [-0.4, -0.2) is 35.2 Å². The van der Waals surface area contributed by atoms with Crippen molar-refractivity contribution in [3.63, 3.8) is 0 Å². The fraction of sp³-hybridized carbons (Fsp3) is 0.833. The molecule has 3 fully saturated rings. The van der Waals surface area contributed by atoms with Gasteiger partial charge in [0.2, 0.25) is 5.91 Å². The highest BCUT2D eigenvalue weighted by molar-refractivity contribution is 5.90. The Morgan fingerprint density at radius 1 is 1.12 bits per heavy atom. The zero-order valence-corrected chi connectivity index (χ0v) is 9.50. The third kappa shape index (κ3) is 1.32. The number of Topliss-reactive ketones (excluding diaryl/α,β-unsaturated/α-hetero) is 1. The summed E-state index contributed by atoms with van der Waals surface area (Å²) in [6.07, 6.45) is 4.94. The molecule has 3 rings (SSSR count). The minimum absolute atomic E-state index is 0.203. The summed E-state index contributed by atoms with van der Waals surface area (Å²) >= 11 is 0. The van der Waals surface area contributed by atoms with Crippen LogP contribution in [0.4, 0.5) is 0 Å². The molecule has 4 heteroatoms. The van der Waals surface area contributed by atoms with Crippen LogP contribution in [0.25, 0.3) is 0 Å². The highest BCUT2D eigenvalue weighted by Crippen LogP contribution is 2.63. The van der Waals surface area contributed by atoms with Crippen molar-refractivity contribution < 1.29 is 9.59 Å². The van der Waals surface area contributed by atoms with Crippen molar-refractivity contribution in [1.82, 2.24) is 4.90 Å². The van der Waals surface area contributed by atoms with Gasteiger partial charge >= 0.3 is 0 Å². The van der Waals surface area contributed by atoms with E-state index in [0.717, 1.165) is 25.7 Å². The minimum atomic E-state index is -0.243. The molecule has 88 valence electrons. The van der Waals surface area contributed by atoms with Gasteiger partial charge in [-0.2, -0.15) is 0 Å². The smallest absolute Gasteiger partial charge is 0.230 e. The number of amides is 1. The van der Waals surface area contributed by atoms with Crippen molar-refractivity contribution in [2.24, 2.45) is 11.1 Å². The second-order valence-electron chi connectivity index (χ2n) is 5.57. The molecule has 16 heavy (non-hydrogen) atoms. The van der Waals surface area contributed by atoms with Gasteiger partial charge in [0, 0.05) is 31.5 Å². The number of rotatable bonds is 2. The molecule has 2 N–H and O–H groups in total. The Morgan fingerprint density at radius 2 is 1.69 bits per heavy atom. The Morgan fingerprint density at radius 3 is 2.12 bits per heavy atom. The molecule has 2 saturated carbocycles. The molecule has 1 saturated heterocycles. The molecular formula is C12H18N2O2. The van der Waals surface area contributed by atoms with Crippen molar-refractivity contribution in [2.75, 3.05) is 13.1 Å². The first-order valence-corrected chi connectivity index (χ1v) is 6.17. The van der Waals surface area contributed by atoms with Gasteiger partial charge in [-0.3, -0.25) is 9.59 Å². The van der Waals surface area contributed by atoms with E-state index in [4.69, 9.17) is 5.73 Å². The lowest BCUT2D eigenvalue weighted by atomic mass is 9.91. The molecule has 0 aromatic heterocycles. The molecule has 1 amide bonds. The quantitative estimate of drug-likeness (QED) is 0.737. The predicted octanol–water partition coefficient (Wildman–Crippen LogP) is 0.449. The Balaban J connectivity index is 1.71. The first-order chi connectivity index (χ1) is 7.57. The Bertz CT molecular complexity index is 346. The number of ketones is 1. The van der Waals surface area contributed by atoms with Gasteiger partial charge in [-0.15, -0.1) is 0 Å².